The Balaban J connectivity index is 1.31. The smallest absolute Gasteiger partial charge is 0.123 e. The molecule has 0 saturated carbocycles. The minimum atomic E-state index is -0.260. The summed E-state index contributed by atoms with van der Waals surface area (Å²) in [5.74, 6) is 0.553. The van der Waals surface area contributed by atoms with Crippen LogP contribution in [0.5, 0.6) is 5.75 Å². The van der Waals surface area contributed by atoms with Gasteiger partial charge in [0.2, 0.25) is 0 Å². The summed E-state index contributed by atoms with van der Waals surface area (Å²) in [6.07, 6.45) is 4.50. The molecule has 0 bridgehead atoms. The van der Waals surface area contributed by atoms with Crippen LogP contribution in [0.4, 0.5) is 4.39 Å². The Labute approximate surface area is 169 Å². The molecule has 2 N–H and O–H groups in total. The lowest BCUT2D eigenvalue weighted by molar-refractivity contribution is 0.301. The molecule has 4 nitrogen and oxygen atoms in total. The number of ether oxygens (including phenoxy) is 1. The number of hydrogen-bond donors (Lipinski definition) is 1. The van der Waals surface area contributed by atoms with Crippen molar-refractivity contribution in [1.29, 1.82) is 0 Å². The third kappa shape index (κ3) is 4.81. The summed E-state index contributed by atoms with van der Waals surface area (Å²) in [5, 5.41) is 5.40. The van der Waals surface area contributed by atoms with Crippen LogP contribution in [-0.4, -0.2) is 22.4 Å². The van der Waals surface area contributed by atoms with E-state index in [2.05, 4.69) is 17.2 Å². The minimum Gasteiger partial charge on any atom is -0.494 e. The summed E-state index contributed by atoms with van der Waals surface area (Å²) in [4.78, 5) is 0. The van der Waals surface area contributed by atoms with Crippen molar-refractivity contribution in [2.24, 2.45) is 5.73 Å². The molecule has 29 heavy (non-hydrogen) atoms. The average molecular weight is 389 g/mol. The van der Waals surface area contributed by atoms with Crippen LogP contribution in [0.25, 0.3) is 16.6 Å². The molecule has 0 amide bonds. The van der Waals surface area contributed by atoms with E-state index in [-0.39, 0.29) is 11.9 Å². The molecule has 4 rings (SSSR count). The van der Waals surface area contributed by atoms with Gasteiger partial charge in [0.05, 0.1) is 24.0 Å². The van der Waals surface area contributed by atoms with Crippen LogP contribution in [-0.2, 0) is 6.42 Å². The zero-order chi connectivity index (χ0) is 20.1. The second kappa shape index (κ2) is 8.88. The van der Waals surface area contributed by atoms with Gasteiger partial charge in [0.25, 0.3) is 0 Å². The number of nitrogens with two attached hydrogens (primary N) is 1. The molecule has 3 aromatic carbocycles. The van der Waals surface area contributed by atoms with Crippen LogP contribution in [0.1, 0.15) is 18.4 Å². The van der Waals surface area contributed by atoms with Crippen molar-refractivity contribution in [3.05, 3.63) is 90.4 Å². The number of benzene rings is 3. The van der Waals surface area contributed by atoms with E-state index in [4.69, 9.17) is 10.5 Å². The molecule has 0 fully saturated rings. The predicted octanol–water partition coefficient (Wildman–Crippen LogP) is 4.89. The van der Waals surface area contributed by atoms with Gasteiger partial charge in [0, 0.05) is 11.4 Å². The molecule has 0 aliphatic carbocycles. The van der Waals surface area contributed by atoms with Crippen LogP contribution >= 0.6 is 0 Å². The van der Waals surface area contributed by atoms with E-state index in [0.717, 1.165) is 41.6 Å². The second-order valence-electron chi connectivity index (χ2n) is 7.19. The lowest BCUT2D eigenvalue weighted by Crippen LogP contribution is -2.23. The van der Waals surface area contributed by atoms with E-state index < -0.39 is 0 Å². The lowest BCUT2D eigenvalue weighted by atomic mass is 10.0. The molecule has 148 valence electrons. The highest BCUT2D eigenvalue weighted by atomic mass is 19.1. The number of fused-ring (bicyclic) bond motifs is 1. The highest BCUT2D eigenvalue weighted by molar-refractivity contribution is 5.81. The molecular formula is C24H24FN3O. The Bertz CT molecular complexity index is 1060. The number of hydrogen-bond acceptors (Lipinski definition) is 3. The standard InChI is InChI=1S/C24H24FN3O/c25-20-8-10-22(11-9-20)28-24-13-12-23(16-19(24)17-27-28)29-14-4-7-21(26)15-18-5-2-1-3-6-18/h1-3,5-6,8-13,16-17,21H,4,7,14-15,26H2/t21-/m0/s1. The third-order valence-electron chi connectivity index (χ3n) is 4.94. The van der Waals surface area contributed by atoms with E-state index >= 15 is 0 Å². The molecule has 0 unspecified atom stereocenters. The summed E-state index contributed by atoms with van der Waals surface area (Å²) in [7, 11) is 0. The Morgan fingerprint density at radius 2 is 1.79 bits per heavy atom. The molecule has 0 spiro atoms. The normalized spacial score (nSPS) is 12.2. The largest absolute Gasteiger partial charge is 0.494 e. The third-order valence-corrected chi connectivity index (χ3v) is 4.94. The van der Waals surface area contributed by atoms with Crippen LogP contribution < -0.4 is 10.5 Å². The first kappa shape index (κ1) is 19.2. The molecule has 1 atom stereocenters. The highest BCUT2D eigenvalue weighted by Gasteiger charge is 2.08. The van der Waals surface area contributed by atoms with Crippen LogP contribution in [0.15, 0.2) is 79.0 Å². The summed E-state index contributed by atoms with van der Waals surface area (Å²) < 4.78 is 20.8. The lowest BCUT2D eigenvalue weighted by Gasteiger charge is -2.12. The van der Waals surface area contributed by atoms with Crippen LogP contribution in [0.2, 0.25) is 0 Å². The summed E-state index contributed by atoms with van der Waals surface area (Å²) >= 11 is 0. The maximum absolute atomic E-state index is 13.1. The van der Waals surface area contributed by atoms with Crippen molar-refractivity contribution in [2.75, 3.05) is 6.61 Å². The highest BCUT2D eigenvalue weighted by Crippen LogP contribution is 2.23. The fraction of sp³-hybridized carbons (Fsp3) is 0.208. The van der Waals surface area contributed by atoms with Crippen molar-refractivity contribution < 1.29 is 9.13 Å². The molecule has 0 radical (unpaired) electrons. The van der Waals surface area contributed by atoms with E-state index in [0.29, 0.717) is 6.61 Å². The number of nitrogens with zero attached hydrogens (tertiary/aromatic N) is 2. The average Bonchev–Trinajstić information content (AvgIpc) is 3.16. The number of rotatable bonds is 8. The van der Waals surface area contributed by atoms with Gasteiger partial charge in [-0.15, -0.1) is 0 Å². The van der Waals surface area contributed by atoms with Crippen molar-refractivity contribution in [1.82, 2.24) is 9.78 Å². The molecule has 0 aliphatic heterocycles. The molecule has 4 aromatic rings. The van der Waals surface area contributed by atoms with E-state index in [1.54, 1.807) is 23.0 Å². The molecule has 1 heterocycles. The van der Waals surface area contributed by atoms with Crippen molar-refractivity contribution in [2.45, 2.75) is 25.3 Å². The molecule has 0 saturated heterocycles. The van der Waals surface area contributed by atoms with Crippen LogP contribution in [0, 0.1) is 5.82 Å². The SMILES string of the molecule is N[C@@H](CCCOc1ccc2c(cnn2-c2ccc(F)cc2)c1)Cc1ccccc1. The van der Waals surface area contributed by atoms with Gasteiger partial charge in [-0.1, -0.05) is 30.3 Å². The van der Waals surface area contributed by atoms with E-state index in [1.165, 1.54) is 17.7 Å². The zero-order valence-corrected chi connectivity index (χ0v) is 16.2. The topological polar surface area (TPSA) is 53.1 Å². The molecular weight excluding hydrogens is 365 g/mol. The second-order valence-corrected chi connectivity index (χ2v) is 7.19. The Morgan fingerprint density at radius 1 is 1.00 bits per heavy atom. The quantitative estimate of drug-likeness (QED) is 0.436. The monoisotopic (exact) mass is 389 g/mol. The first-order valence-electron chi connectivity index (χ1n) is 9.85. The van der Waals surface area contributed by atoms with E-state index in [1.807, 2.05) is 36.4 Å². The Morgan fingerprint density at radius 3 is 2.59 bits per heavy atom. The zero-order valence-electron chi connectivity index (χ0n) is 16.2. The van der Waals surface area contributed by atoms with Gasteiger partial charge in [-0.2, -0.15) is 5.10 Å². The van der Waals surface area contributed by atoms with Gasteiger partial charge in [0.1, 0.15) is 11.6 Å². The first-order valence-corrected chi connectivity index (χ1v) is 9.85. The van der Waals surface area contributed by atoms with Crippen molar-refractivity contribution in [3.63, 3.8) is 0 Å². The predicted molar refractivity (Wildman–Crippen MR) is 114 cm³/mol. The van der Waals surface area contributed by atoms with E-state index in [9.17, 15) is 4.39 Å². The van der Waals surface area contributed by atoms with Gasteiger partial charge < -0.3 is 10.5 Å². The number of aromatic nitrogens is 2. The summed E-state index contributed by atoms with van der Waals surface area (Å²) in [6, 6.07) is 22.6. The molecule has 5 heteroatoms. The van der Waals surface area contributed by atoms with Crippen molar-refractivity contribution >= 4 is 10.9 Å². The Kier molecular flexibility index (Phi) is 5.86. The van der Waals surface area contributed by atoms with Gasteiger partial charge in [-0.25, -0.2) is 9.07 Å². The number of halogens is 1. The maximum atomic E-state index is 13.1. The van der Waals surface area contributed by atoms with Gasteiger partial charge in [-0.3, -0.25) is 0 Å². The minimum absolute atomic E-state index is 0.137. The molecule has 1 aromatic heterocycles. The van der Waals surface area contributed by atoms with Gasteiger partial charge in [0.15, 0.2) is 0 Å². The fourth-order valence-electron chi connectivity index (χ4n) is 3.44. The van der Waals surface area contributed by atoms with Gasteiger partial charge >= 0.3 is 0 Å². The maximum Gasteiger partial charge on any atom is 0.123 e. The summed E-state index contributed by atoms with van der Waals surface area (Å²) in [6.45, 7) is 0.625. The van der Waals surface area contributed by atoms with Gasteiger partial charge in [-0.05, 0) is 67.3 Å². The molecule has 0 aliphatic rings. The first-order chi connectivity index (χ1) is 14.2. The summed E-state index contributed by atoms with van der Waals surface area (Å²) in [5.41, 5.74) is 9.28. The fourth-order valence-corrected chi connectivity index (χ4v) is 3.44. The Hall–Kier alpha value is -3.18. The van der Waals surface area contributed by atoms with Crippen LogP contribution in [0.3, 0.4) is 0 Å². The van der Waals surface area contributed by atoms with Crippen molar-refractivity contribution in [3.8, 4) is 11.4 Å².